The molecule has 3 aromatic rings. The molecule has 0 saturated carbocycles. The van der Waals surface area contributed by atoms with Gasteiger partial charge >= 0.3 is 0 Å². The van der Waals surface area contributed by atoms with Crippen molar-refractivity contribution in [2.24, 2.45) is 0 Å². The first-order valence-electron chi connectivity index (χ1n) is 8.16. The monoisotopic (exact) mass is 332 g/mol. The first-order valence-corrected chi connectivity index (χ1v) is 8.16. The Bertz CT molecular complexity index is 802. The topological polar surface area (TPSA) is 51.2 Å². The molecule has 4 heteroatoms. The van der Waals surface area contributed by atoms with Gasteiger partial charge in [-0.15, -0.1) is 0 Å². The second-order valence-corrected chi connectivity index (χ2v) is 5.76. The largest absolute Gasteiger partial charge is 0.489 e. The van der Waals surface area contributed by atoms with Crippen molar-refractivity contribution in [3.05, 3.63) is 95.8 Å². The van der Waals surface area contributed by atoms with Crippen LogP contribution in [-0.2, 0) is 11.4 Å². The normalized spacial score (nSPS) is 11.6. The quantitative estimate of drug-likeness (QED) is 0.745. The second-order valence-electron chi connectivity index (χ2n) is 5.76. The van der Waals surface area contributed by atoms with Crippen LogP contribution in [0.4, 0.5) is 0 Å². The number of pyridine rings is 1. The van der Waals surface area contributed by atoms with E-state index in [0.717, 1.165) is 22.4 Å². The zero-order valence-corrected chi connectivity index (χ0v) is 14.1. The minimum absolute atomic E-state index is 0.0776. The lowest BCUT2D eigenvalue weighted by Gasteiger charge is -2.19. The van der Waals surface area contributed by atoms with E-state index in [4.69, 9.17) is 4.74 Å². The summed E-state index contributed by atoms with van der Waals surface area (Å²) in [5, 5.41) is 2.98. The van der Waals surface area contributed by atoms with Gasteiger partial charge in [0.05, 0.1) is 6.04 Å². The standard InChI is InChI=1S/C21H20N2O2/c1-16(24)23-21(19-11-13-22-14-12-19)18-7-9-20(10-8-18)25-15-17-5-3-2-4-6-17/h2-14,21H,15H2,1H3,(H,23,24). The molecule has 0 aliphatic rings. The van der Waals surface area contributed by atoms with Crippen LogP contribution in [0.15, 0.2) is 79.1 Å². The molecule has 0 spiro atoms. The first-order chi connectivity index (χ1) is 12.2. The number of rotatable bonds is 6. The fraction of sp³-hybridized carbons (Fsp3) is 0.143. The van der Waals surface area contributed by atoms with E-state index < -0.39 is 0 Å². The van der Waals surface area contributed by atoms with Gasteiger partial charge in [-0.2, -0.15) is 0 Å². The van der Waals surface area contributed by atoms with E-state index in [1.165, 1.54) is 6.92 Å². The van der Waals surface area contributed by atoms with Gasteiger partial charge in [0.15, 0.2) is 0 Å². The van der Waals surface area contributed by atoms with Crippen LogP contribution >= 0.6 is 0 Å². The highest BCUT2D eigenvalue weighted by atomic mass is 16.5. The van der Waals surface area contributed by atoms with Crippen LogP contribution in [0.5, 0.6) is 5.75 Å². The zero-order valence-electron chi connectivity index (χ0n) is 14.1. The van der Waals surface area contributed by atoms with Crippen molar-refractivity contribution in [2.75, 3.05) is 0 Å². The lowest BCUT2D eigenvalue weighted by atomic mass is 9.99. The van der Waals surface area contributed by atoms with Crippen LogP contribution in [-0.4, -0.2) is 10.9 Å². The smallest absolute Gasteiger partial charge is 0.217 e. The number of amides is 1. The minimum atomic E-state index is -0.205. The highest BCUT2D eigenvalue weighted by Gasteiger charge is 2.15. The molecule has 0 fully saturated rings. The van der Waals surface area contributed by atoms with Crippen molar-refractivity contribution in [1.82, 2.24) is 10.3 Å². The minimum Gasteiger partial charge on any atom is -0.489 e. The van der Waals surface area contributed by atoms with E-state index >= 15 is 0 Å². The number of carbonyl (C=O) groups excluding carboxylic acids is 1. The summed E-state index contributed by atoms with van der Waals surface area (Å²) in [7, 11) is 0. The van der Waals surface area contributed by atoms with Crippen molar-refractivity contribution in [2.45, 2.75) is 19.6 Å². The molecule has 2 aromatic carbocycles. The summed E-state index contributed by atoms with van der Waals surface area (Å²) in [5.74, 6) is 0.718. The Kier molecular flexibility index (Phi) is 5.42. The van der Waals surface area contributed by atoms with E-state index in [1.807, 2.05) is 66.7 Å². The van der Waals surface area contributed by atoms with Crippen LogP contribution in [0.25, 0.3) is 0 Å². The van der Waals surface area contributed by atoms with Gasteiger partial charge in [-0.3, -0.25) is 9.78 Å². The molecule has 1 heterocycles. The maximum Gasteiger partial charge on any atom is 0.217 e. The van der Waals surface area contributed by atoms with E-state index in [0.29, 0.717) is 6.61 Å². The summed E-state index contributed by atoms with van der Waals surface area (Å²) in [6.45, 7) is 2.05. The maximum absolute atomic E-state index is 11.6. The lowest BCUT2D eigenvalue weighted by Crippen LogP contribution is -2.26. The number of benzene rings is 2. The fourth-order valence-corrected chi connectivity index (χ4v) is 2.62. The zero-order chi connectivity index (χ0) is 17.5. The van der Waals surface area contributed by atoms with Crippen molar-refractivity contribution >= 4 is 5.91 Å². The Balaban J connectivity index is 1.73. The predicted octanol–water partition coefficient (Wildman–Crippen LogP) is 3.89. The molecule has 1 unspecified atom stereocenters. The molecule has 3 rings (SSSR count). The SMILES string of the molecule is CC(=O)NC(c1ccncc1)c1ccc(OCc2ccccc2)cc1. The number of aromatic nitrogens is 1. The number of ether oxygens (including phenoxy) is 1. The Morgan fingerprint density at radius 2 is 1.60 bits per heavy atom. The van der Waals surface area contributed by atoms with Gasteiger partial charge in [0.1, 0.15) is 12.4 Å². The highest BCUT2D eigenvalue weighted by Crippen LogP contribution is 2.24. The van der Waals surface area contributed by atoms with Crippen molar-refractivity contribution < 1.29 is 9.53 Å². The van der Waals surface area contributed by atoms with Gasteiger partial charge in [-0.1, -0.05) is 42.5 Å². The van der Waals surface area contributed by atoms with Crippen LogP contribution in [0.1, 0.15) is 29.7 Å². The molecule has 4 nitrogen and oxygen atoms in total. The Morgan fingerprint density at radius 3 is 2.24 bits per heavy atom. The number of nitrogens with one attached hydrogen (secondary N) is 1. The van der Waals surface area contributed by atoms with Gasteiger partial charge < -0.3 is 10.1 Å². The third-order valence-electron chi connectivity index (χ3n) is 3.85. The Morgan fingerprint density at radius 1 is 0.960 bits per heavy atom. The Labute approximate surface area is 147 Å². The summed E-state index contributed by atoms with van der Waals surface area (Å²) in [6, 6.07) is 21.4. The number of carbonyl (C=O) groups is 1. The number of hydrogen-bond donors (Lipinski definition) is 1. The summed E-state index contributed by atoms with van der Waals surface area (Å²) in [6.07, 6.45) is 3.45. The lowest BCUT2D eigenvalue weighted by molar-refractivity contribution is -0.119. The van der Waals surface area contributed by atoms with Gasteiger partial charge in [-0.25, -0.2) is 0 Å². The molecule has 25 heavy (non-hydrogen) atoms. The fourth-order valence-electron chi connectivity index (χ4n) is 2.62. The average molecular weight is 332 g/mol. The van der Waals surface area contributed by atoms with Crippen LogP contribution in [0.3, 0.4) is 0 Å². The van der Waals surface area contributed by atoms with Gasteiger partial charge in [0, 0.05) is 19.3 Å². The van der Waals surface area contributed by atoms with Crippen LogP contribution in [0.2, 0.25) is 0 Å². The number of hydrogen-bond acceptors (Lipinski definition) is 3. The first kappa shape index (κ1) is 16.7. The molecule has 0 aliphatic carbocycles. The predicted molar refractivity (Wildman–Crippen MR) is 97.1 cm³/mol. The molecule has 0 saturated heterocycles. The third-order valence-corrected chi connectivity index (χ3v) is 3.85. The van der Waals surface area contributed by atoms with Crippen molar-refractivity contribution in [3.63, 3.8) is 0 Å². The van der Waals surface area contributed by atoms with Gasteiger partial charge in [-0.05, 0) is 41.0 Å². The molecular formula is C21H20N2O2. The molecule has 1 aromatic heterocycles. The van der Waals surface area contributed by atoms with E-state index in [9.17, 15) is 4.79 Å². The Hall–Kier alpha value is -3.14. The molecule has 1 amide bonds. The molecule has 126 valence electrons. The van der Waals surface area contributed by atoms with Crippen molar-refractivity contribution in [3.8, 4) is 5.75 Å². The molecule has 0 aliphatic heterocycles. The summed E-state index contributed by atoms with van der Waals surface area (Å²) in [5.41, 5.74) is 3.11. The van der Waals surface area contributed by atoms with E-state index in [-0.39, 0.29) is 11.9 Å². The van der Waals surface area contributed by atoms with Crippen LogP contribution < -0.4 is 10.1 Å². The molecule has 0 radical (unpaired) electrons. The van der Waals surface area contributed by atoms with Crippen LogP contribution in [0, 0.1) is 0 Å². The summed E-state index contributed by atoms with van der Waals surface area (Å²) < 4.78 is 5.82. The van der Waals surface area contributed by atoms with Crippen molar-refractivity contribution in [1.29, 1.82) is 0 Å². The van der Waals surface area contributed by atoms with E-state index in [1.54, 1.807) is 12.4 Å². The average Bonchev–Trinajstić information content (AvgIpc) is 2.66. The number of nitrogens with zero attached hydrogens (tertiary/aromatic N) is 1. The highest BCUT2D eigenvalue weighted by molar-refractivity contribution is 5.74. The molecule has 1 atom stereocenters. The molecule has 0 bridgehead atoms. The summed E-state index contributed by atoms with van der Waals surface area (Å²) in [4.78, 5) is 15.6. The maximum atomic E-state index is 11.6. The van der Waals surface area contributed by atoms with E-state index in [2.05, 4.69) is 10.3 Å². The second kappa shape index (κ2) is 8.11. The van der Waals surface area contributed by atoms with Gasteiger partial charge in [0.2, 0.25) is 5.91 Å². The molecule has 1 N–H and O–H groups in total. The third kappa shape index (κ3) is 4.67. The molecular weight excluding hydrogens is 312 g/mol. The van der Waals surface area contributed by atoms with Gasteiger partial charge in [0.25, 0.3) is 0 Å². The summed E-state index contributed by atoms with van der Waals surface area (Å²) >= 11 is 0.